The Morgan fingerprint density at radius 2 is 1.94 bits per heavy atom. The maximum atomic E-state index is 12.5. The topological polar surface area (TPSA) is 18.5 Å². The van der Waals surface area contributed by atoms with Gasteiger partial charge < -0.3 is 22.4 Å². The van der Waals surface area contributed by atoms with Crippen molar-refractivity contribution in [2.75, 3.05) is 13.7 Å². The number of rotatable bonds is 6. The van der Waals surface area contributed by atoms with Gasteiger partial charge in [0.05, 0.1) is 6.10 Å². The zero-order valence-electron chi connectivity index (χ0n) is 10.8. The Kier molecular flexibility index (Phi) is 5.08. The van der Waals surface area contributed by atoms with E-state index in [1.54, 1.807) is 14.0 Å². The molecule has 0 saturated carbocycles. The molecule has 0 heterocycles. The first-order valence-corrected chi connectivity index (χ1v) is 5.80. The maximum absolute atomic E-state index is 12.5. The molecule has 0 N–H and O–H groups in total. The molecule has 102 valence electrons. The van der Waals surface area contributed by atoms with E-state index < -0.39 is 12.4 Å². The van der Waals surface area contributed by atoms with E-state index >= 15 is 0 Å². The molecule has 1 aromatic carbocycles. The van der Waals surface area contributed by atoms with E-state index in [0.717, 1.165) is 12.1 Å². The number of methoxy groups -OCH3 is 1. The predicted molar refractivity (Wildman–Crippen MR) is 66.5 cm³/mol. The summed E-state index contributed by atoms with van der Waals surface area (Å²) in [7, 11) is 1.60. The second-order valence-corrected chi connectivity index (χ2v) is 4.31. The SMILES string of the molecule is COCCC(C)Oc1ccc([B-](F)(F)F)cc1C. The molecule has 0 bridgehead atoms. The Morgan fingerprint density at radius 1 is 1.28 bits per heavy atom. The van der Waals surface area contributed by atoms with Gasteiger partial charge in [-0.3, -0.25) is 0 Å². The van der Waals surface area contributed by atoms with Crippen LogP contribution in [0.25, 0.3) is 0 Å². The van der Waals surface area contributed by atoms with Gasteiger partial charge in [-0.15, -0.1) is 5.46 Å². The predicted octanol–water partition coefficient (Wildman–Crippen LogP) is 2.85. The van der Waals surface area contributed by atoms with Crippen LogP contribution in [0.3, 0.4) is 0 Å². The third-order valence-electron chi connectivity index (χ3n) is 2.63. The van der Waals surface area contributed by atoms with Crippen molar-refractivity contribution in [3.63, 3.8) is 0 Å². The number of aryl methyl sites for hydroxylation is 1. The van der Waals surface area contributed by atoms with Crippen LogP contribution in [-0.2, 0) is 4.74 Å². The van der Waals surface area contributed by atoms with Gasteiger partial charge in [0.1, 0.15) is 5.75 Å². The highest BCUT2D eigenvalue weighted by atomic mass is 19.4. The Labute approximate surface area is 105 Å². The molecule has 0 spiro atoms. The van der Waals surface area contributed by atoms with Crippen molar-refractivity contribution in [3.05, 3.63) is 23.8 Å². The summed E-state index contributed by atoms with van der Waals surface area (Å²) in [4.78, 5) is 0. The summed E-state index contributed by atoms with van der Waals surface area (Å²) in [6.07, 6.45) is 0.604. The largest absolute Gasteiger partial charge is 0.509 e. The van der Waals surface area contributed by atoms with Gasteiger partial charge >= 0.3 is 6.98 Å². The molecule has 2 nitrogen and oxygen atoms in total. The maximum Gasteiger partial charge on any atom is 0.509 e. The fraction of sp³-hybridized carbons (Fsp3) is 0.500. The molecule has 6 heteroatoms. The number of hydrogen-bond donors (Lipinski definition) is 0. The van der Waals surface area contributed by atoms with Gasteiger partial charge in [-0.05, 0) is 25.5 Å². The van der Waals surface area contributed by atoms with Gasteiger partial charge in [-0.1, -0.05) is 12.1 Å². The smallest absolute Gasteiger partial charge is 0.490 e. The standard InChI is InChI=1S/C12H17BF3O2/c1-9-8-11(13(14,15)16)4-5-12(9)18-10(2)6-7-17-3/h4-5,8,10H,6-7H2,1-3H3/q-1. The lowest BCUT2D eigenvalue weighted by Crippen LogP contribution is -2.34. The van der Waals surface area contributed by atoms with Crippen molar-refractivity contribution in [2.24, 2.45) is 0 Å². The summed E-state index contributed by atoms with van der Waals surface area (Å²) in [5, 5.41) is 0. The second kappa shape index (κ2) is 6.13. The van der Waals surface area contributed by atoms with E-state index in [4.69, 9.17) is 9.47 Å². The summed E-state index contributed by atoms with van der Waals surface area (Å²) in [5.41, 5.74) is -0.0969. The number of benzene rings is 1. The Hall–Kier alpha value is -1.17. The summed E-state index contributed by atoms with van der Waals surface area (Å²) in [6.45, 7) is -0.913. The fourth-order valence-corrected chi connectivity index (χ4v) is 1.57. The van der Waals surface area contributed by atoms with Gasteiger partial charge in [-0.2, -0.15) is 0 Å². The van der Waals surface area contributed by atoms with Crippen LogP contribution in [-0.4, -0.2) is 26.8 Å². The van der Waals surface area contributed by atoms with Crippen molar-refractivity contribution in [1.29, 1.82) is 0 Å². The Morgan fingerprint density at radius 3 is 2.44 bits per heavy atom. The van der Waals surface area contributed by atoms with Gasteiger partial charge in [0.25, 0.3) is 0 Å². The number of halogens is 3. The molecular weight excluding hydrogens is 244 g/mol. The molecule has 18 heavy (non-hydrogen) atoms. The molecule has 1 unspecified atom stereocenters. The first-order valence-electron chi connectivity index (χ1n) is 5.80. The van der Waals surface area contributed by atoms with Gasteiger partial charge in [-0.25, -0.2) is 0 Å². The van der Waals surface area contributed by atoms with Gasteiger partial charge in [0, 0.05) is 20.1 Å². The van der Waals surface area contributed by atoms with E-state index in [9.17, 15) is 12.9 Å². The second-order valence-electron chi connectivity index (χ2n) is 4.31. The van der Waals surface area contributed by atoms with Crippen molar-refractivity contribution in [3.8, 4) is 5.75 Å². The highest BCUT2D eigenvalue weighted by molar-refractivity contribution is 6.73. The van der Waals surface area contributed by atoms with Crippen molar-refractivity contribution < 1.29 is 22.4 Å². The first-order chi connectivity index (χ1) is 8.34. The Bertz CT molecular complexity index is 393. The van der Waals surface area contributed by atoms with Crippen LogP contribution < -0.4 is 10.2 Å². The molecule has 0 fully saturated rings. The van der Waals surface area contributed by atoms with Gasteiger partial charge in [0.15, 0.2) is 0 Å². The lowest BCUT2D eigenvalue weighted by atomic mass is 9.79. The zero-order chi connectivity index (χ0) is 13.8. The van der Waals surface area contributed by atoms with Crippen molar-refractivity contribution in [2.45, 2.75) is 26.4 Å². The van der Waals surface area contributed by atoms with E-state index in [1.807, 2.05) is 6.92 Å². The van der Waals surface area contributed by atoms with Crippen LogP contribution >= 0.6 is 0 Å². The molecule has 0 amide bonds. The minimum absolute atomic E-state index is 0.0918. The molecule has 0 aromatic heterocycles. The normalized spacial score (nSPS) is 13.4. The van der Waals surface area contributed by atoms with Crippen LogP contribution in [0.4, 0.5) is 12.9 Å². The first kappa shape index (κ1) is 14.9. The molecule has 1 atom stereocenters. The van der Waals surface area contributed by atoms with Crippen LogP contribution in [0.1, 0.15) is 18.9 Å². The summed E-state index contributed by atoms with van der Waals surface area (Å²) in [5.74, 6) is 0.488. The van der Waals surface area contributed by atoms with E-state index in [0.29, 0.717) is 24.3 Å². The van der Waals surface area contributed by atoms with Crippen LogP contribution in [0.2, 0.25) is 0 Å². The van der Waals surface area contributed by atoms with Crippen LogP contribution in [0.15, 0.2) is 18.2 Å². The van der Waals surface area contributed by atoms with Crippen LogP contribution in [0.5, 0.6) is 5.75 Å². The molecule has 1 rings (SSSR count). The summed E-state index contributed by atoms with van der Waals surface area (Å²) < 4.78 is 48.1. The molecular formula is C12H17BF3O2-. The highest BCUT2D eigenvalue weighted by Gasteiger charge is 2.25. The fourth-order valence-electron chi connectivity index (χ4n) is 1.57. The lowest BCUT2D eigenvalue weighted by molar-refractivity contribution is 0.135. The Balaban J connectivity index is 2.74. The average Bonchev–Trinajstić information content (AvgIpc) is 2.27. The summed E-state index contributed by atoms with van der Waals surface area (Å²) >= 11 is 0. The molecule has 0 aliphatic rings. The molecule has 0 saturated heterocycles. The van der Waals surface area contributed by atoms with Crippen LogP contribution in [0, 0.1) is 6.92 Å². The quantitative estimate of drug-likeness (QED) is 0.733. The monoisotopic (exact) mass is 261 g/mol. The average molecular weight is 261 g/mol. The van der Waals surface area contributed by atoms with E-state index in [1.165, 1.54) is 6.07 Å². The van der Waals surface area contributed by atoms with Crippen molar-refractivity contribution in [1.82, 2.24) is 0 Å². The number of ether oxygens (including phenoxy) is 2. The lowest BCUT2D eigenvalue weighted by Gasteiger charge is -2.19. The third-order valence-corrected chi connectivity index (χ3v) is 2.63. The van der Waals surface area contributed by atoms with E-state index in [-0.39, 0.29) is 6.10 Å². The zero-order valence-corrected chi connectivity index (χ0v) is 10.8. The van der Waals surface area contributed by atoms with Gasteiger partial charge in [0.2, 0.25) is 0 Å². The number of hydrogen-bond acceptors (Lipinski definition) is 2. The van der Waals surface area contributed by atoms with Crippen molar-refractivity contribution >= 4 is 12.4 Å². The molecule has 0 aliphatic carbocycles. The highest BCUT2D eigenvalue weighted by Crippen LogP contribution is 2.20. The molecule has 1 aromatic rings. The molecule has 0 aliphatic heterocycles. The summed E-state index contributed by atoms with van der Waals surface area (Å²) in [6, 6.07) is 3.56. The minimum Gasteiger partial charge on any atom is -0.490 e. The van der Waals surface area contributed by atoms with E-state index in [2.05, 4.69) is 0 Å². The molecule has 0 radical (unpaired) electrons. The third kappa shape index (κ3) is 4.25. The minimum atomic E-state index is -4.95.